The molecule has 0 fully saturated rings. The third kappa shape index (κ3) is 4.25. The summed E-state index contributed by atoms with van der Waals surface area (Å²) >= 11 is 4.79. The van der Waals surface area contributed by atoms with Gasteiger partial charge in [0.2, 0.25) is 0 Å². The highest BCUT2D eigenvalue weighted by molar-refractivity contribution is 7.80. The maximum atomic E-state index is 8.87. The molecule has 0 bridgehead atoms. The molecule has 0 atom stereocenters. The summed E-state index contributed by atoms with van der Waals surface area (Å²) in [5, 5.41) is 12.0. The number of thiocarbonyl (C=S) groups is 1. The zero-order valence-corrected chi connectivity index (χ0v) is 10.6. The van der Waals surface area contributed by atoms with E-state index in [1.807, 2.05) is 31.2 Å². The minimum Gasteiger partial charge on any atom is -0.389 e. The van der Waals surface area contributed by atoms with Crippen LogP contribution in [0.15, 0.2) is 41.6 Å². The van der Waals surface area contributed by atoms with E-state index in [0.29, 0.717) is 5.57 Å². The molecule has 3 nitrogen and oxygen atoms in total. The molecule has 0 unspecified atom stereocenters. The Balaban J connectivity index is 2.52. The number of rotatable bonds is 5. The largest absolute Gasteiger partial charge is 0.389 e. The molecule has 0 spiro atoms. The smallest absolute Gasteiger partial charge is 0.116 e. The summed E-state index contributed by atoms with van der Waals surface area (Å²) in [7, 11) is 0. The van der Waals surface area contributed by atoms with Crippen LogP contribution in [0, 0.1) is 11.3 Å². The van der Waals surface area contributed by atoms with E-state index in [-0.39, 0.29) is 4.99 Å². The van der Waals surface area contributed by atoms with Gasteiger partial charge in [-0.2, -0.15) is 5.26 Å². The van der Waals surface area contributed by atoms with E-state index in [1.54, 1.807) is 0 Å². The number of nitriles is 1. The van der Waals surface area contributed by atoms with Crippen molar-refractivity contribution in [3.63, 3.8) is 0 Å². The normalized spacial score (nSPS) is 11.3. The fourth-order valence-electron chi connectivity index (χ4n) is 1.45. The molecule has 0 amide bonds. The lowest BCUT2D eigenvalue weighted by Gasteiger charge is -2.08. The molecule has 0 saturated heterocycles. The lowest BCUT2D eigenvalue weighted by Crippen LogP contribution is -2.21. The predicted octanol–water partition coefficient (Wildman–Crippen LogP) is 1.90. The third-order valence-electron chi connectivity index (χ3n) is 2.38. The molecular weight excluding hydrogens is 230 g/mol. The SMILES string of the molecule is C/C(NCCc1ccccc1)=C(\C#N)C(N)=S. The van der Waals surface area contributed by atoms with Crippen molar-refractivity contribution in [1.29, 1.82) is 5.26 Å². The van der Waals surface area contributed by atoms with E-state index in [1.165, 1.54) is 5.56 Å². The molecule has 88 valence electrons. The van der Waals surface area contributed by atoms with Gasteiger partial charge in [-0.05, 0) is 18.9 Å². The lowest BCUT2D eigenvalue weighted by molar-refractivity contribution is 0.786. The highest BCUT2D eigenvalue weighted by Gasteiger charge is 2.04. The number of benzene rings is 1. The average molecular weight is 245 g/mol. The van der Waals surface area contributed by atoms with Crippen molar-refractivity contribution in [1.82, 2.24) is 5.32 Å². The van der Waals surface area contributed by atoms with E-state index in [9.17, 15) is 0 Å². The summed E-state index contributed by atoms with van der Waals surface area (Å²) < 4.78 is 0. The Bertz CT molecular complexity index is 457. The zero-order chi connectivity index (χ0) is 12.7. The first-order valence-electron chi connectivity index (χ1n) is 5.33. The first-order valence-corrected chi connectivity index (χ1v) is 5.74. The fraction of sp³-hybridized carbons (Fsp3) is 0.231. The highest BCUT2D eigenvalue weighted by atomic mass is 32.1. The van der Waals surface area contributed by atoms with Crippen molar-refractivity contribution in [3.8, 4) is 6.07 Å². The second kappa shape index (κ2) is 6.66. The number of nitrogens with one attached hydrogen (secondary N) is 1. The molecule has 17 heavy (non-hydrogen) atoms. The van der Waals surface area contributed by atoms with Gasteiger partial charge in [-0.3, -0.25) is 0 Å². The highest BCUT2D eigenvalue weighted by Crippen LogP contribution is 2.02. The number of hydrogen-bond donors (Lipinski definition) is 2. The van der Waals surface area contributed by atoms with E-state index >= 15 is 0 Å². The fourth-order valence-corrected chi connectivity index (χ4v) is 1.65. The number of nitrogens with two attached hydrogens (primary N) is 1. The Morgan fingerprint density at radius 3 is 2.59 bits per heavy atom. The maximum Gasteiger partial charge on any atom is 0.116 e. The van der Waals surface area contributed by atoms with E-state index in [2.05, 4.69) is 17.4 Å². The van der Waals surface area contributed by atoms with Crippen molar-refractivity contribution in [2.75, 3.05) is 6.54 Å². The van der Waals surface area contributed by atoms with Crippen LogP contribution in [0.25, 0.3) is 0 Å². The third-order valence-corrected chi connectivity index (χ3v) is 2.58. The second-order valence-corrected chi connectivity index (χ2v) is 4.08. The van der Waals surface area contributed by atoms with Crippen LogP contribution in [-0.2, 0) is 6.42 Å². The summed E-state index contributed by atoms with van der Waals surface area (Å²) in [6.45, 7) is 2.56. The van der Waals surface area contributed by atoms with Crippen molar-refractivity contribution >= 4 is 17.2 Å². The van der Waals surface area contributed by atoms with Gasteiger partial charge in [0.1, 0.15) is 16.6 Å². The Hall–Kier alpha value is -1.86. The van der Waals surface area contributed by atoms with Gasteiger partial charge in [-0.25, -0.2) is 0 Å². The summed E-state index contributed by atoms with van der Waals surface area (Å²) in [6, 6.07) is 12.1. The molecule has 1 rings (SSSR count). The van der Waals surface area contributed by atoms with Gasteiger partial charge in [-0.1, -0.05) is 42.5 Å². The van der Waals surface area contributed by atoms with Crippen LogP contribution in [0.2, 0.25) is 0 Å². The lowest BCUT2D eigenvalue weighted by atomic mass is 10.1. The van der Waals surface area contributed by atoms with Crippen LogP contribution >= 0.6 is 12.2 Å². The number of hydrogen-bond acceptors (Lipinski definition) is 3. The van der Waals surface area contributed by atoms with E-state index < -0.39 is 0 Å². The topological polar surface area (TPSA) is 61.8 Å². The Morgan fingerprint density at radius 1 is 1.41 bits per heavy atom. The minimum absolute atomic E-state index is 0.136. The molecule has 0 saturated carbocycles. The van der Waals surface area contributed by atoms with Gasteiger partial charge in [0.15, 0.2) is 0 Å². The Morgan fingerprint density at radius 2 is 2.06 bits per heavy atom. The van der Waals surface area contributed by atoms with Gasteiger partial charge >= 0.3 is 0 Å². The van der Waals surface area contributed by atoms with Crippen molar-refractivity contribution in [3.05, 3.63) is 47.2 Å². The summed E-state index contributed by atoms with van der Waals surface area (Å²) in [5.41, 5.74) is 7.78. The van der Waals surface area contributed by atoms with E-state index in [4.69, 9.17) is 23.2 Å². The van der Waals surface area contributed by atoms with Crippen LogP contribution in [0.5, 0.6) is 0 Å². The molecule has 1 aromatic rings. The van der Waals surface area contributed by atoms with Gasteiger partial charge in [0.05, 0.1) is 0 Å². The van der Waals surface area contributed by atoms with Gasteiger partial charge in [0.25, 0.3) is 0 Å². The average Bonchev–Trinajstić information content (AvgIpc) is 2.30. The van der Waals surface area contributed by atoms with Gasteiger partial charge in [-0.15, -0.1) is 0 Å². The standard InChI is InChI=1S/C13H15N3S/c1-10(12(9-14)13(15)17)16-8-7-11-5-3-2-4-6-11/h2-6,16H,7-8H2,1H3,(H2,15,17)/b12-10-. The Kier molecular flexibility index (Phi) is 5.18. The number of nitrogens with zero attached hydrogens (tertiary/aromatic N) is 1. The van der Waals surface area contributed by atoms with Crippen LogP contribution in [0.4, 0.5) is 0 Å². The molecule has 0 heterocycles. The molecule has 4 heteroatoms. The maximum absolute atomic E-state index is 8.87. The van der Waals surface area contributed by atoms with Crippen molar-refractivity contribution < 1.29 is 0 Å². The molecule has 3 N–H and O–H groups in total. The molecule has 1 aromatic carbocycles. The monoisotopic (exact) mass is 245 g/mol. The van der Waals surface area contributed by atoms with Crippen molar-refractivity contribution in [2.24, 2.45) is 5.73 Å². The summed E-state index contributed by atoms with van der Waals surface area (Å²) in [6.07, 6.45) is 0.897. The van der Waals surface area contributed by atoms with E-state index in [0.717, 1.165) is 18.7 Å². The quantitative estimate of drug-likeness (QED) is 0.472. The second-order valence-electron chi connectivity index (χ2n) is 3.64. The van der Waals surface area contributed by atoms with Gasteiger partial charge in [0, 0.05) is 12.2 Å². The summed E-state index contributed by atoms with van der Waals surface area (Å²) in [5.74, 6) is 0. The van der Waals surface area contributed by atoms with Crippen LogP contribution < -0.4 is 11.1 Å². The molecule has 0 aliphatic heterocycles. The zero-order valence-electron chi connectivity index (χ0n) is 9.73. The molecule has 0 radical (unpaired) electrons. The van der Waals surface area contributed by atoms with Gasteiger partial charge < -0.3 is 11.1 Å². The van der Waals surface area contributed by atoms with Crippen LogP contribution in [0.3, 0.4) is 0 Å². The molecule has 0 aliphatic carbocycles. The van der Waals surface area contributed by atoms with Crippen molar-refractivity contribution in [2.45, 2.75) is 13.3 Å². The molecule has 0 aromatic heterocycles. The van der Waals surface area contributed by atoms with Crippen LogP contribution in [0.1, 0.15) is 12.5 Å². The Labute approximate surface area is 107 Å². The molecular formula is C13H15N3S. The number of allylic oxidation sites excluding steroid dienone is 1. The summed E-state index contributed by atoms with van der Waals surface area (Å²) in [4.78, 5) is 0.136. The first kappa shape index (κ1) is 13.2. The van der Waals surface area contributed by atoms with Crippen LogP contribution in [-0.4, -0.2) is 11.5 Å². The molecule has 0 aliphatic rings. The first-order chi connectivity index (χ1) is 8.15. The minimum atomic E-state index is 0.136. The predicted molar refractivity (Wildman–Crippen MR) is 73.2 cm³/mol.